The van der Waals surface area contributed by atoms with Crippen LogP contribution in [0.5, 0.6) is 0 Å². The predicted molar refractivity (Wildman–Crippen MR) is 56.8 cm³/mol. The number of hydrogen-bond acceptors (Lipinski definition) is 0. The second-order valence-corrected chi connectivity index (χ2v) is 3.49. The van der Waals surface area contributed by atoms with Gasteiger partial charge < -0.3 is 0 Å². The van der Waals surface area contributed by atoms with E-state index < -0.39 is 11.6 Å². The highest BCUT2D eigenvalue weighted by atomic mass is 35.5. The van der Waals surface area contributed by atoms with Crippen LogP contribution in [-0.4, -0.2) is 0 Å². The van der Waals surface area contributed by atoms with Gasteiger partial charge in [-0.05, 0) is 17.7 Å². The molecule has 0 heterocycles. The molecule has 0 nitrogen and oxygen atoms in total. The summed E-state index contributed by atoms with van der Waals surface area (Å²) in [6, 6.07) is 11.0. The molecule has 0 amide bonds. The van der Waals surface area contributed by atoms with Crippen LogP contribution in [0.25, 0.3) is 11.1 Å². The summed E-state index contributed by atoms with van der Waals surface area (Å²) in [6.45, 7) is 0. The highest BCUT2D eigenvalue weighted by Gasteiger charge is 2.13. The highest BCUT2D eigenvalue weighted by molar-refractivity contribution is 6.33. The first-order chi connectivity index (χ1) is 7.20. The maximum absolute atomic E-state index is 13.5. The molecule has 0 spiro atoms. The number of rotatable bonds is 1. The Morgan fingerprint density at radius 2 is 1.53 bits per heavy atom. The molecule has 0 N–H and O–H groups in total. The minimum Gasteiger partial charge on any atom is -0.204 e. The van der Waals surface area contributed by atoms with Crippen LogP contribution in [0.2, 0.25) is 5.02 Å². The van der Waals surface area contributed by atoms with Crippen molar-refractivity contribution < 1.29 is 8.78 Å². The molecule has 0 bridgehead atoms. The molecule has 0 aromatic heterocycles. The summed E-state index contributed by atoms with van der Waals surface area (Å²) >= 11 is 5.83. The van der Waals surface area contributed by atoms with Crippen LogP contribution in [0.15, 0.2) is 42.5 Å². The van der Waals surface area contributed by atoms with Gasteiger partial charge in [-0.3, -0.25) is 0 Å². The van der Waals surface area contributed by atoms with Gasteiger partial charge in [0.05, 0.1) is 5.02 Å². The fraction of sp³-hybridized carbons (Fsp3) is 0. The Labute approximate surface area is 91.1 Å². The Morgan fingerprint density at radius 1 is 0.867 bits per heavy atom. The minimum absolute atomic E-state index is 0.109. The van der Waals surface area contributed by atoms with Crippen molar-refractivity contribution in [1.29, 1.82) is 0 Å². The summed E-state index contributed by atoms with van der Waals surface area (Å²) in [5.74, 6) is -1.80. The lowest BCUT2D eigenvalue weighted by molar-refractivity contribution is 0.511. The number of hydrogen-bond donors (Lipinski definition) is 0. The average molecular weight is 225 g/mol. The molecule has 0 atom stereocenters. The first-order valence-electron chi connectivity index (χ1n) is 4.39. The Morgan fingerprint density at radius 3 is 2.20 bits per heavy atom. The smallest absolute Gasteiger partial charge is 0.168 e. The zero-order valence-corrected chi connectivity index (χ0v) is 8.43. The van der Waals surface area contributed by atoms with Crippen molar-refractivity contribution in [2.75, 3.05) is 0 Å². The lowest BCUT2D eigenvalue weighted by atomic mass is 10.1. The first-order valence-corrected chi connectivity index (χ1v) is 4.77. The molecule has 76 valence electrons. The van der Waals surface area contributed by atoms with E-state index >= 15 is 0 Å². The van der Waals surface area contributed by atoms with Crippen molar-refractivity contribution in [2.24, 2.45) is 0 Å². The molecule has 0 aliphatic rings. The van der Waals surface area contributed by atoms with E-state index in [0.717, 1.165) is 6.07 Å². The summed E-state index contributed by atoms with van der Waals surface area (Å²) in [5.41, 5.74) is 0.678. The van der Waals surface area contributed by atoms with E-state index in [1.807, 2.05) is 0 Å². The molecule has 0 aliphatic carbocycles. The fourth-order valence-electron chi connectivity index (χ4n) is 1.40. The summed E-state index contributed by atoms with van der Waals surface area (Å²) in [6.07, 6.45) is 0. The Kier molecular flexibility index (Phi) is 2.69. The molecule has 0 fully saturated rings. The lowest BCUT2D eigenvalue weighted by Gasteiger charge is -2.06. The minimum atomic E-state index is -0.909. The van der Waals surface area contributed by atoms with E-state index in [-0.39, 0.29) is 10.6 Å². The molecule has 0 saturated carbocycles. The molecular formula is C12H7ClF2. The molecule has 0 aliphatic heterocycles. The van der Waals surface area contributed by atoms with Crippen LogP contribution >= 0.6 is 11.6 Å². The van der Waals surface area contributed by atoms with E-state index in [1.165, 1.54) is 6.07 Å². The van der Waals surface area contributed by atoms with Crippen molar-refractivity contribution >= 4 is 11.6 Å². The van der Waals surface area contributed by atoms with Crippen molar-refractivity contribution in [1.82, 2.24) is 0 Å². The van der Waals surface area contributed by atoms with Crippen molar-refractivity contribution in [3.63, 3.8) is 0 Å². The van der Waals surface area contributed by atoms with Crippen LogP contribution in [0.1, 0.15) is 0 Å². The van der Waals surface area contributed by atoms with Gasteiger partial charge in [-0.1, -0.05) is 41.9 Å². The van der Waals surface area contributed by atoms with Gasteiger partial charge in [0.15, 0.2) is 11.6 Å². The summed E-state index contributed by atoms with van der Waals surface area (Å²) in [7, 11) is 0. The zero-order valence-electron chi connectivity index (χ0n) is 7.68. The maximum Gasteiger partial charge on any atom is 0.168 e. The number of halogens is 3. The van der Waals surface area contributed by atoms with Gasteiger partial charge in [0.2, 0.25) is 0 Å². The van der Waals surface area contributed by atoms with Crippen LogP contribution in [0, 0.1) is 11.6 Å². The lowest BCUT2D eigenvalue weighted by Crippen LogP contribution is -1.90. The summed E-state index contributed by atoms with van der Waals surface area (Å²) in [5, 5.41) is 0.208. The van der Waals surface area contributed by atoms with Crippen molar-refractivity contribution in [2.45, 2.75) is 0 Å². The van der Waals surface area contributed by atoms with Gasteiger partial charge in [0.25, 0.3) is 0 Å². The SMILES string of the molecule is Fc1ccc(Cl)c(-c2ccccc2)c1F. The van der Waals surface area contributed by atoms with Gasteiger partial charge in [-0.2, -0.15) is 0 Å². The van der Waals surface area contributed by atoms with Crippen LogP contribution < -0.4 is 0 Å². The molecule has 0 radical (unpaired) electrons. The quantitative estimate of drug-likeness (QED) is 0.634. The first kappa shape index (κ1) is 10.1. The van der Waals surface area contributed by atoms with Gasteiger partial charge in [-0.25, -0.2) is 8.78 Å². The van der Waals surface area contributed by atoms with Crippen molar-refractivity contribution in [3.05, 3.63) is 59.1 Å². The molecule has 2 aromatic rings. The van der Waals surface area contributed by atoms with Gasteiger partial charge in [0, 0.05) is 5.56 Å². The Bertz CT molecular complexity index is 480. The third-order valence-electron chi connectivity index (χ3n) is 2.11. The van der Waals surface area contributed by atoms with E-state index in [4.69, 9.17) is 11.6 Å². The Balaban J connectivity index is 2.68. The summed E-state index contributed by atoms with van der Waals surface area (Å²) in [4.78, 5) is 0. The van der Waals surface area contributed by atoms with Crippen LogP contribution in [-0.2, 0) is 0 Å². The van der Waals surface area contributed by atoms with Crippen molar-refractivity contribution in [3.8, 4) is 11.1 Å². The number of benzene rings is 2. The fourth-order valence-corrected chi connectivity index (χ4v) is 1.65. The monoisotopic (exact) mass is 224 g/mol. The molecule has 3 heteroatoms. The molecule has 2 rings (SSSR count). The van der Waals surface area contributed by atoms with Gasteiger partial charge >= 0.3 is 0 Å². The van der Waals surface area contributed by atoms with Crippen LogP contribution in [0.3, 0.4) is 0 Å². The third kappa shape index (κ3) is 1.85. The Hall–Kier alpha value is -1.41. The molecule has 2 aromatic carbocycles. The second-order valence-electron chi connectivity index (χ2n) is 3.08. The zero-order chi connectivity index (χ0) is 10.8. The van der Waals surface area contributed by atoms with E-state index in [9.17, 15) is 8.78 Å². The predicted octanol–water partition coefficient (Wildman–Crippen LogP) is 4.29. The standard InChI is InChI=1S/C12H7ClF2/c13-9-6-7-10(14)12(15)11(9)8-4-2-1-3-5-8/h1-7H. The maximum atomic E-state index is 13.5. The van der Waals surface area contributed by atoms with E-state index in [0.29, 0.717) is 5.56 Å². The summed E-state index contributed by atoms with van der Waals surface area (Å²) < 4.78 is 26.5. The van der Waals surface area contributed by atoms with E-state index in [1.54, 1.807) is 30.3 Å². The topological polar surface area (TPSA) is 0 Å². The second kappa shape index (κ2) is 3.99. The molecular weight excluding hydrogens is 218 g/mol. The highest BCUT2D eigenvalue weighted by Crippen LogP contribution is 2.31. The average Bonchev–Trinajstić information content (AvgIpc) is 2.26. The van der Waals surface area contributed by atoms with Crippen LogP contribution in [0.4, 0.5) is 8.78 Å². The molecule has 0 unspecified atom stereocenters. The molecule has 15 heavy (non-hydrogen) atoms. The van der Waals surface area contributed by atoms with Gasteiger partial charge in [-0.15, -0.1) is 0 Å². The molecule has 0 saturated heterocycles. The normalized spacial score (nSPS) is 10.3. The largest absolute Gasteiger partial charge is 0.204 e. The third-order valence-corrected chi connectivity index (χ3v) is 2.42. The van der Waals surface area contributed by atoms with E-state index in [2.05, 4.69) is 0 Å². The van der Waals surface area contributed by atoms with Gasteiger partial charge in [0.1, 0.15) is 0 Å².